The number of fused-ring (bicyclic) bond motifs is 1. The monoisotopic (exact) mass is 429 g/mol. The molecule has 1 unspecified atom stereocenters. The number of amides is 3. The van der Waals surface area contributed by atoms with Crippen LogP contribution < -0.4 is 38.7 Å². The number of nitrogens with two attached hydrogens (primary N) is 3. The van der Waals surface area contributed by atoms with Crippen molar-refractivity contribution >= 4 is 27.5 Å². The minimum atomic E-state index is -1.39. The van der Waals surface area contributed by atoms with Crippen molar-refractivity contribution in [2.45, 2.75) is 13.0 Å². The fourth-order valence-electron chi connectivity index (χ4n) is 2.08. The number of benzene rings is 1. The molecule has 0 fully saturated rings. The molecule has 2 rings (SSSR count). The van der Waals surface area contributed by atoms with Gasteiger partial charge in [0, 0.05) is 0 Å². The summed E-state index contributed by atoms with van der Waals surface area (Å²) >= 11 is -1.39. The third kappa shape index (κ3) is 3.47. The normalized spacial score (nSPS) is 15.5. The predicted molar refractivity (Wildman–Crippen MR) is 79.2 cm³/mol. The van der Waals surface area contributed by atoms with Crippen molar-refractivity contribution < 1.29 is 35.9 Å². The Morgan fingerprint density at radius 1 is 1.13 bits per heavy atom. The Morgan fingerprint density at radius 2 is 1.65 bits per heavy atom. The van der Waals surface area contributed by atoms with Gasteiger partial charge < -0.3 is 0 Å². The fraction of sp³-hybridized carbons (Fsp3) is 0.154. The maximum atomic E-state index is 12.4. The van der Waals surface area contributed by atoms with Crippen LogP contribution in [0.4, 0.5) is 4.79 Å². The molecule has 10 heteroatoms. The van der Waals surface area contributed by atoms with Gasteiger partial charge in [0.2, 0.25) is 0 Å². The van der Waals surface area contributed by atoms with Crippen molar-refractivity contribution in [2.24, 2.45) is 25.4 Å². The van der Waals surface area contributed by atoms with Crippen LogP contribution in [0.5, 0.6) is 0 Å². The van der Waals surface area contributed by atoms with E-state index in [9.17, 15) is 14.4 Å². The first-order valence-electron chi connectivity index (χ1n) is 6.41. The van der Waals surface area contributed by atoms with Crippen LogP contribution in [0.15, 0.2) is 32.5 Å². The number of halogens is 1. The van der Waals surface area contributed by atoms with E-state index in [-0.39, 0.29) is 11.8 Å². The molecule has 0 bridgehead atoms. The molecular weight excluding hydrogens is 415 g/mol. The van der Waals surface area contributed by atoms with E-state index in [0.717, 1.165) is 4.90 Å². The van der Waals surface area contributed by atoms with Gasteiger partial charge in [0.25, 0.3) is 0 Å². The molecule has 23 heavy (non-hydrogen) atoms. The van der Waals surface area contributed by atoms with Crippen molar-refractivity contribution in [3.8, 4) is 0 Å². The molecule has 0 radical (unpaired) electrons. The average Bonchev–Trinajstić information content (AvgIpc) is 2.74. The van der Waals surface area contributed by atoms with Gasteiger partial charge in [-0.15, -0.1) is 0 Å². The summed E-state index contributed by atoms with van der Waals surface area (Å²) in [5, 5.41) is 0. The first-order valence-corrected chi connectivity index (χ1v) is 8.45. The van der Waals surface area contributed by atoms with E-state index in [1.165, 1.54) is 0 Å². The van der Waals surface area contributed by atoms with Crippen molar-refractivity contribution in [2.75, 3.05) is 0 Å². The first-order chi connectivity index (χ1) is 10.8. The Labute approximate surface area is 142 Å². The number of carbonyl (C=O) groups excluding carboxylic acids is 3. The topological polar surface area (TPSA) is 157 Å². The summed E-state index contributed by atoms with van der Waals surface area (Å²) in [5.74, 6) is -1.20. The second-order valence-corrected chi connectivity index (χ2v) is 6.60. The molecule has 1 heterocycles. The van der Waals surface area contributed by atoms with E-state index < -0.39 is 43.2 Å². The van der Waals surface area contributed by atoms with Gasteiger partial charge in [-0.2, -0.15) is 0 Å². The number of carbonyl (C=O) groups is 3. The van der Waals surface area contributed by atoms with Crippen LogP contribution in [0.1, 0.15) is 27.6 Å². The second kappa shape index (κ2) is 6.73. The van der Waals surface area contributed by atoms with Crippen LogP contribution in [0.2, 0.25) is 0 Å². The van der Waals surface area contributed by atoms with E-state index in [2.05, 4.69) is 8.20 Å². The van der Waals surface area contributed by atoms with Gasteiger partial charge in [0.15, 0.2) is 0 Å². The Hall–Kier alpha value is -2.50. The zero-order valence-electron chi connectivity index (χ0n) is 12.1. The number of hydrogen-bond donors (Lipinski definition) is 3. The maximum absolute atomic E-state index is 12.4. The third-order valence-corrected chi connectivity index (χ3v) is 4.25. The summed E-state index contributed by atoms with van der Waals surface area (Å²) in [7, 11) is 0. The summed E-state index contributed by atoms with van der Waals surface area (Å²) in [6.07, 6.45) is 0. The standard InChI is InChI=1S/C13H14IN6O3/c1-6(9(18-13(16)17)19-14-12(15)23)20-10(21)7-4-2-3-5-8(7)11(20)22/h2-6H,1H3,(H2,15,23)(H4,16,17,18,19)/q-1. The quantitative estimate of drug-likeness (QED) is 0.113. The van der Waals surface area contributed by atoms with Gasteiger partial charge in [-0.05, 0) is 0 Å². The van der Waals surface area contributed by atoms with E-state index >= 15 is 0 Å². The fourth-order valence-corrected chi connectivity index (χ4v) is 3.07. The molecule has 9 nitrogen and oxygen atoms in total. The predicted octanol–water partition coefficient (Wildman–Crippen LogP) is -3.57. The van der Waals surface area contributed by atoms with Gasteiger partial charge >= 0.3 is 142 Å². The number of primary amides is 1. The Bertz CT molecular complexity index is 706. The van der Waals surface area contributed by atoms with Gasteiger partial charge in [-0.1, -0.05) is 0 Å². The number of rotatable bonds is 4. The van der Waals surface area contributed by atoms with Gasteiger partial charge in [-0.25, -0.2) is 0 Å². The Balaban J connectivity index is 2.38. The molecule has 1 aromatic carbocycles. The van der Waals surface area contributed by atoms with Crippen molar-refractivity contribution in [3.05, 3.63) is 35.4 Å². The average molecular weight is 429 g/mol. The molecule has 1 aromatic rings. The van der Waals surface area contributed by atoms with E-state index in [1.807, 2.05) is 0 Å². The molecule has 0 aliphatic carbocycles. The number of hydrogen-bond acceptors (Lipinski definition) is 4. The molecule has 122 valence electrons. The zero-order chi connectivity index (χ0) is 17.1. The van der Waals surface area contributed by atoms with Crippen LogP contribution in [-0.4, -0.2) is 38.5 Å². The summed E-state index contributed by atoms with van der Waals surface area (Å²) in [5.41, 5.74) is 16.4. The molecule has 0 aromatic heterocycles. The third-order valence-electron chi connectivity index (χ3n) is 3.04. The molecule has 0 spiro atoms. The van der Waals surface area contributed by atoms with Crippen LogP contribution >= 0.6 is 0 Å². The molecule has 0 saturated carbocycles. The summed E-state index contributed by atoms with van der Waals surface area (Å²) < 4.78 is 3.42. The Kier molecular flexibility index (Phi) is 4.93. The van der Waals surface area contributed by atoms with Crippen molar-refractivity contribution in [1.29, 1.82) is 0 Å². The molecular formula is C13H14IN6O3-. The zero-order valence-corrected chi connectivity index (χ0v) is 14.2. The molecule has 3 amide bonds. The van der Waals surface area contributed by atoms with E-state index in [0.29, 0.717) is 11.1 Å². The summed E-state index contributed by atoms with van der Waals surface area (Å²) in [4.78, 5) is 40.6. The number of imide groups is 1. The van der Waals surface area contributed by atoms with Gasteiger partial charge in [-0.3, -0.25) is 0 Å². The van der Waals surface area contributed by atoms with Crippen LogP contribution in [0, 0.1) is 0 Å². The Morgan fingerprint density at radius 3 is 2.09 bits per heavy atom. The summed E-state index contributed by atoms with van der Waals surface area (Å²) in [6, 6.07) is 5.64. The van der Waals surface area contributed by atoms with E-state index in [1.54, 1.807) is 31.2 Å². The van der Waals surface area contributed by atoms with E-state index in [4.69, 9.17) is 17.2 Å². The van der Waals surface area contributed by atoms with Crippen molar-refractivity contribution in [1.82, 2.24) is 4.90 Å². The number of amidine groups is 1. The first kappa shape index (κ1) is 16.9. The van der Waals surface area contributed by atoms with Crippen LogP contribution in [0.25, 0.3) is 0 Å². The summed E-state index contributed by atoms with van der Waals surface area (Å²) in [6.45, 7) is 1.55. The number of guanidine groups is 1. The van der Waals surface area contributed by atoms with Crippen LogP contribution in [-0.2, 0) is 0 Å². The molecule has 1 atom stereocenters. The number of aliphatic imine (C=N–C) groups is 1. The second-order valence-electron chi connectivity index (χ2n) is 4.57. The minimum absolute atomic E-state index is 0.0195. The molecule has 0 saturated heterocycles. The molecule has 1 aliphatic heterocycles. The van der Waals surface area contributed by atoms with Gasteiger partial charge in [0.1, 0.15) is 0 Å². The SMILES string of the molecule is CC(/C(N=C(N)N)=N\[I-]C(N)=O)N1C(=O)c2ccccc2C1=O. The van der Waals surface area contributed by atoms with Crippen molar-refractivity contribution in [3.63, 3.8) is 0 Å². The van der Waals surface area contributed by atoms with Gasteiger partial charge in [0.05, 0.1) is 0 Å². The molecule has 6 N–H and O–H groups in total. The molecule has 1 aliphatic rings. The number of nitrogens with zero attached hydrogens (tertiary/aromatic N) is 3. The van der Waals surface area contributed by atoms with Crippen LogP contribution in [0.3, 0.4) is 0 Å².